The van der Waals surface area contributed by atoms with Gasteiger partial charge in [-0.05, 0) is 58.0 Å². The van der Waals surface area contributed by atoms with Crippen LogP contribution in [0.3, 0.4) is 0 Å². The summed E-state index contributed by atoms with van der Waals surface area (Å²) in [7, 11) is 0. The Morgan fingerprint density at radius 2 is 1.94 bits per heavy atom. The van der Waals surface area contributed by atoms with Crippen LogP contribution in [0.2, 0.25) is 0 Å². The van der Waals surface area contributed by atoms with Crippen molar-refractivity contribution in [2.75, 3.05) is 19.6 Å². The first-order valence-corrected chi connectivity index (χ1v) is 8.08. The van der Waals surface area contributed by atoms with E-state index < -0.39 is 0 Å². The van der Waals surface area contributed by atoms with E-state index in [-0.39, 0.29) is 0 Å². The lowest BCUT2D eigenvalue weighted by atomic mass is 9.97. The van der Waals surface area contributed by atoms with E-state index in [2.05, 4.69) is 31.0 Å². The van der Waals surface area contributed by atoms with Crippen LogP contribution in [0.25, 0.3) is 0 Å². The third kappa shape index (κ3) is 3.96. The zero-order valence-corrected chi connectivity index (χ0v) is 12.7. The van der Waals surface area contributed by atoms with Crippen LogP contribution in [0, 0.1) is 5.92 Å². The highest BCUT2D eigenvalue weighted by atomic mass is 15.2. The van der Waals surface area contributed by atoms with E-state index in [4.69, 9.17) is 0 Å². The predicted molar refractivity (Wildman–Crippen MR) is 78.9 cm³/mol. The summed E-state index contributed by atoms with van der Waals surface area (Å²) in [5, 5.41) is 3.73. The molecule has 2 heteroatoms. The quantitative estimate of drug-likeness (QED) is 0.779. The van der Waals surface area contributed by atoms with Gasteiger partial charge in [-0.1, -0.05) is 26.7 Å². The van der Waals surface area contributed by atoms with Crippen LogP contribution in [-0.4, -0.2) is 36.1 Å². The second kappa shape index (κ2) is 6.38. The first-order valence-electron chi connectivity index (χ1n) is 8.08. The number of rotatable bonds is 6. The largest absolute Gasteiger partial charge is 0.310 e. The van der Waals surface area contributed by atoms with Gasteiger partial charge in [-0.15, -0.1) is 0 Å². The minimum Gasteiger partial charge on any atom is -0.310 e. The van der Waals surface area contributed by atoms with E-state index in [1.807, 2.05) is 0 Å². The van der Waals surface area contributed by atoms with Gasteiger partial charge < -0.3 is 5.32 Å². The number of nitrogens with zero attached hydrogens (tertiary/aromatic N) is 1. The first kappa shape index (κ1) is 14.3. The Bertz CT molecular complexity index is 237. The molecule has 2 nitrogen and oxygen atoms in total. The topological polar surface area (TPSA) is 15.3 Å². The van der Waals surface area contributed by atoms with Crippen LogP contribution in [0.1, 0.15) is 65.7 Å². The van der Waals surface area contributed by atoms with E-state index in [9.17, 15) is 0 Å². The zero-order chi connectivity index (χ0) is 13.0. The molecule has 0 amide bonds. The average molecular weight is 252 g/mol. The molecule has 2 fully saturated rings. The molecule has 0 radical (unpaired) electrons. The number of hydrogen-bond donors (Lipinski definition) is 1. The van der Waals surface area contributed by atoms with Crippen LogP contribution in [0.15, 0.2) is 0 Å². The van der Waals surface area contributed by atoms with Crippen molar-refractivity contribution >= 4 is 0 Å². The Morgan fingerprint density at radius 3 is 2.50 bits per heavy atom. The smallest absolute Gasteiger partial charge is 0.0281 e. The fourth-order valence-corrected chi connectivity index (χ4v) is 3.62. The molecule has 106 valence electrons. The Kier molecular flexibility index (Phi) is 5.08. The minimum absolute atomic E-state index is 0.388. The van der Waals surface area contributed by atoms with Crippen molar-refractivity contribution in [1.82, 2.24) is 10.2 Å². The Hall–Kier alpha value is -0.0800. The molecular formula is C16H32N2. The lowest BCUT2D eigenvalue weighted by Gasteiger charge is -2.37. The summed E-state index contributed by atoms with van der Waals surface area (Å²) in [6, 6.07) is 0.878. The van der Waals surface area contributed by atoms with Gasteiger partial charge in [-0.2, -0.15) is 0 Å². The molecule has 1 unspecified atom stereocenters. The van der Waals surface area contributed by atoms with E-state index in [0.29, 0.717) is 5.54 Å². The molecule has 1 atom stereocenters. The second-order valence-corrected chi connectivity index (χ2v) is 7.18. The lowest BCUT2D eigenvalue weighted by molar-refractivity contribution is 0.142. The van der Waals surface area contributed by atoms with Gasteiger partial charge in [0.05, 0.1) is 0 Å². The van der Waals surface area contributed by atoms with Gasteiger partial charge in [0.25, 0.3) is 0 Å². The minimum atomic E-state index is 0.388. The average Bonchev–Trinajstić information content (AvgIpc) is 2.95. The summed E-state index contributed by atoms with van der Waals surface area (Å²) in [5.74, 6) is 0.832. The molecule has 0 spiro atoms. The van der Waals surface area contributed by atoms with Gasteiger partial charge in [0.1, 0.15) is 0 Å². The third-order valence-electron chi connectivity index (χ3n) is 4.84. The highest BCUT2D eigenvalue weighted by molar-refractivity contribution is 4.93. The van der Waals surface area contributed by atoms with Crippen LogP contribution in [-0.2, 0) is 0 Å². The van der Waals surface area contributed by atoms with Gasteiger partial charge in [0, 0.05) is 18.1 Å². The first-order chi connectivity index (χ1) is 8.59. The normalized spacial score (nSPS) is 29.8. The summed E-state index contributed by atoms with van der Waals surface area (Å²) in [5.41, 5.74) is 0.388. The van der Waals surface area contributed by atoms with Crippen molar-refractivity contribution < 1.29 is 0 Å². The maximum atomic E-state index is 3.73. The molecule has 1 aliphatic heterocycles. The van der Waals surface area contributed by atoms with Crippen LogP contribution in [0.4, 0.5) is 0 Å². The van der Waals surface area contributed by atoms with Crippen molar-refractivity contribution in [3.05, 3.63) is 0 Å². The van der Waals surface area contributed by atoms with Gasteiger partial charge in [-0.25, -0.2) is 0 Å². The van der Waals surface area contributed by atoms with Crippen molar-refractivity contribution in [3.8, 4) is 0 Å². The fourth-order valence-electron chi connectivity index (χ4n) is 3.62. The van der Waals surface area contributed by atoms with Gasteiger partial charge in [0.2, 0.25) is 0 Å². The monoisotopic (exact) mass is 252 g/mol. The molecule has 18 heavy (non-hydrogen) atoms. The summed E-state index contributed by atoms with van der Waals surface area (Å²) in [6.07, 6.45) is 9.85. The molecular weight excluding hydrogens is 220 g/mol. The van der Waals surface area contributed by atoms with Crippen LogP contribution < -0.4 is 5.32 Å². The molecule has 2 rings (SSSR count). The van der Waals surface area contributed by atoms with Gasteiger partial charge in [0.15, 0.2) is 0 Å². The Labute approximate surface area is 114 Å². The van der Waals surface area contributed by atoms with Crippen LogP contribution in [0.5, 0.6) is 0 Å². The maximum absolute atomic E-state index is 3.73. The molecule has 0 aromatic rings. The Balaban J connectivity index is 1.90. The molecule has 0 bridgehead atoms. The SMILES string of the molecule is CC(C)CCN(CC1(C)CCCN1)C1CCCC1. The standard InChI is InChI=1S/C16H32N2/c1-14(2)9-12-18(15-7-4-5-8-15)13-16(3)10-6-11-17-16/h14-15,17H,4-13H2,1-3H3. The highest BCUT2D eigenvalue weighted by Crippen LogP contribution is 2.28. The van der Waals surface area contributed by atoms with E-state index >= 15 is 0 Å². The molecule has 0 aromatic carbocycles. The van der Waals surface area contributed by atoms with Crippen LogP contribution >= 0.6 is 0 Å². The molecule has 1 N–H and O–H groups in total. The molecule has 1 saturated heterocycles. The van der Waals surface area contributed by atoms with Crippen molar-refractivity contribution in [2.45, 2.75) is 77.3 Å². The number of nitrogens with one attached hydrogen (secondary N) is 1. The second-order valence-electron chi connectivity index (χ2n) is 7.18. The van der Waals surface area contributed by atoms with E-state index in [0.717, 1.165) is 12.0 Å². The number of hydrogen-bond acceptors (Lipinski definition) is 2. The van der Waals surface area contributed by atoms with Crippen molar-refractivity contribution in [2.24, 2.45) is 5.92 Å². The summed E-state index contributed by atoms with van der Waals surface area (Å²) >= 11 is 0. The summed E-state index contributed by atoms with van der Waals surface area (Å²) in [6.45, 7) is 10.9. The summed E-state index contributed by atoms with van der Waals surface area (Å²) in [4.78, 5) is 2.81. The van der Waals surface area contributed by atoms with Crippen molar-refractivity contribution in [1.29, 1.82) is 0 Å². The molecule has 1 aliphatic carbocycles. The fraction of sp³-hybridized carbons (Fsp3) is 1.00. The van der Waals surface area contributed by atoms with Gasteiger partial charge >= 0.3 is 0 Å². The predicted octanol–water partition coefficient (Wildman–Crippen LogP) is 3.42. The molecule has 0 aromatic heterocycles. The lowest BCUT2D eigenvalue weighted by Crippen LogP contribution is -2.50. The third-order valence-corrected chi connectivity index (χ3v) is 4.84. The molecule has 1 heterocycles. The highest BCUT2D eigenvalue weighted by Gasteiger charge is 2.33. The van der Waals surface area contributed by atoms with E-state index in [1.165, 1.54) is 64.6 Å². The van der Waals surface area contributed by atoms with Gasteiger partial charge in [-0.3, -0.25) is 4.90 Å². The Morgan fingerprint density at radius 1 is 1.22 bits per heavy atom. The molecule has 2 aliphatic rings. The summed E-state index contributed by atoms with van der Waals surface area (Å²) < 4.78 is 0. The zero-order valence-electron chi connectivity index (χ0n) is 12.7. The molecule has 1 saturated carbocycles. The van der Waals surface area contributed by atoms with Crippen molar-refractivity contribution in [3.63, 3.8) is 0 Å². The maximum Gasteiger partial charge on any atom is 0.0281 e. The van der Waals surface area contributed by atoms with E-state index in [1.54, 1.807) is 0 Å².